The summed E-state index contributed by atoms with van der Waals surface area (Å²) in [5.74, 6) is 1.16. The molecule has 0 radical (unpaired) electrons. The van der Waals surface area contributed by atoms with Crippen molar-refractivity contribution in [2.75, 3.05) is 0 Å². The Morgan fingerprint density at radius 3 is 1.17 bits per heavy atom. The Morgan fingerprint density at radius 1 is 0.296 bits per heavy atom. The molecule has 4 heterocycles. The van der Waals surface area contributed by atoms with Crippen LogP contribution in [0.4, 0.5) is 0 Å². The van der Waals surface area contributed by atoms with Gasteiger partial charge in [-0.1, -0.05) is 146 Å². The van der Waals surface area contributed by atoms with Crippen molar-refractivity contribution in [3.8, 4) is 56.7 Å². The van der Waals surface area contributed by atoms with E-state index < -0.39 is 0 Å². The summed E-state index contributed by atoms with van der Waals surface area (Å²) in [6.07, 6.45) is 0. The van der Waals surface area contributed by atoms with Gasteiger partial charge in [-0.15, -0.1) is 0 Å². The Hall–Kier alpha value is -7.44. The second kappa shape index (κ2) is 11.0. The summed E-state index contributed by atoms with van der Waals surface area (Å²) in [5.41, 5.74) is 13.2. The van der Waals surface area contributed by atoms with Crippen LogP contribution < -0.4 is 0 Å². The van der Waals surface area contributed by atoms with Crippen molar-refractivity contribution in [1.29, 1.82) is 0 Å². The number of fused-ring (bicyclic) bond motifs is 9. The highest BCUT2D eigenvalue weighted by molar-refractivity contribution is 6.17. The quantitative estimate of drug-likeness (QED) is 0.185. The van der Waals surface area contributed by atoms with Crippen molar-refractivity contribution in [2.45, 2.75) is 0 Å². The monoisotopic (exact) mass is 688 g/mol. The third-order valence-corrected chi connectivity index (χ3v) is 10.9. The maximum atomic E-state index is 5.36. The molecule has 0 aliphatic heterocycles. The second-order valence-electron chi connectivity index (χ2n) is 13.8. The first-order chi connectivity index (χ1) is 26.8. The van der Waals surface area contributed by atoms with Crippen LogP contribution in [-0.2, 0) is 0 Å². The molecule has 12 rings (SSSR count). The minimum Gasteiger partial charge on any atom is -0.278 e. The van der Waals surface area contributed by atoms with Gasteiger partial charge in [0.1, 0.15) is 0 Å². The summed E-state index contributed by atoms with van der Waals surface area (Å²) in [4.78, 5) is 21.4. The molecule has 54 heavy (non-hydrogen) atoms. The Labute approximate surface area is 309 Å². The summed E-state index contributed by atoms with van der Waals surface area (Å²) >= 11 is 0. The maximum absolute atomic E-state index is 5.36. The average molecular weight is 689 g/mol. The van der Waals surface area contributed by atoms with Crippen LogP contribution in [0.3, 0.4) is 0 Å². The third kappa shape index (κ3) is 3.99. The van der Waals surface area contributed by atoms with E-state index in [0.717, 1.165) is 60.7 Å². The summed E-state index contributed by atoms with van der Waals surface area (Å²) in [6, 6.07) is 59.6. The van der Waals surface area contributed by atoms with E-state index in [1.54, 1.807) is 0 Å². The molecule has 0 fully saturated rings. The number of rotatable bonds is 4. The fourth-order valence-electron chi connectivity index (χ4n) is 8.68. The van der Waals surface area contributed by atoms with Crippen LogP contribution in [-0.4, -0.2) is 29.1 Å². The van der Waals surface area contributed by atoms with Crippen LogP contribution in [0.5, 0.6) is 0 Å². The van der Waals surface area contributed by atoms with Gasteiger partial charge in [0.25, 0.3) is 0 Å². The molecule has 0 unspecified atom stereocenters. The van der Waals surface area contributed by atoms with Gasteiger partial charge in [0, 0.05) is 32.7 Å². The van der Waals surface area contributed by atoms with Gasteiger partial charge in [0.2, 0.25) is 11.9 Å². The van der Waals surface area contributed by atoms with E-state index in [0.29, 0.717) is 17.5 Å². The lowest BCUT2D eigenvalue weighted by Crippen LogP contribution is -2.06. The molecule has 0 bridgehead atoms. The number of nitrogens with zero attached hydrogens (tertiary/aromatic N) is 6. The molecular weight excluding hydrogens is 661 g/mol. The van der Waals surface area contributed by atoms with Crippen LogP contribution in [0, 0.1) is 0 Å². The van der Waals surface area contributed by atoms with E-state index in [-0.39, 0.29) is 0 Å². The van der Waals surface area contributed by atoms with Gasteiger partial charge in [0.05, 0.1) is 38.8 Å². The van der Waals surface area contributed by atoms with E-state index in [1.165, 1.54) is 33.0 Å². The number of benzene rings is 7. The number of aromatic nitrogens is 6. The normalized spacial score (nSPS) is 12.1. The highest BCUT2D eigenvalue weighted by Gasteiger charge is 2.29. The molecule has 4 aromatic heterocycles. The molecule has 0 N–H and O–H groups in total. The largest absolute Gasteiger partial charge is 0.278 e. The van der Waals surface area contributed by atoms with Crippen LogP contribution in [0.1, 0.15) is 0 Å². The van der Waals surface area contributed by atoms with E-state index in [1.807, 2.05) is 0 Å². The Morgan fingerprint density at radius 2 is 0.685 bits per heavy atom. The predicted octanol–water partition coefficient (Wildman–Crippen LogP) is 11.6. The third-order valence-electron chi connectivity index (χ3n) is 10.9. The standard InChI is InChI=1S/C48H28N6/c1-3-15-29(16-4-1)31-23-13-27-39-41(31)35-21-9-11-25-37(35)53(39)47-49-44-33-19-7-8-20-34(33)45-43(44)46(51-47)52-48(50-45)54-38-26-12-10-22-36(38)42-32(24-14-28-40(42)54)30-17-5-2-6-18-30/h1-28H. The molecule has 11 aromatic rings. The molecule has 6 nitrogen and oxygen atoms in total. The lowest BCUT2D eigenvalue weighted by Gasteiger charge is -2.11. The zero-order valence-corrected chi connectivity index (χ0v) is 28.8. The maximum Gasteiger partial charge on any atom is 0.237 e. The van der Waals surface area contributed by atoms with Crippen molar-refractivity contribution < 1.29 is 0 Å². The van der Waals surface area contributed by atoms with Gasteiger partial charge in [-0.3, -0.25) is 9.13 Å². The van der Waals surface area contributed by atoms with Crippen LogP contribution in [0.15, 0.2) is 170 Å². The van der Waals surface area contributed by atoms with Gasteiger partial charge in [0.15, 0.2) is 5.65 Å². The highest BCUT2D eigenvalue weighted by atomic mass is 15.2. The molecule has 6 heteroatoms. The van der Waals surface area contributed by atoms with Crippen molar-refractivity contribution >= 4 is 54.6 Å². The summed E-state index contributed by atoms with van der Waals surface area (Å²) in [6.45, 7) is 0. The van der Waals surface area contributed by atoms with Gasteiger partial charge in [-0.25, -0.2) is 9.97 Å². The Balaban J connectivity index is 1.17. The van der Waals surface area contributed by atoms with Crippen molar-refractivity contribution in [1.82, 2.24) is 29.1 Å². The summed E-state index contributed by atoms with van der Waals surface area (Å²) in [7, 11) is 0. The second-order valence-corrected chi connectivity index (χ2v) is 13.8. The minimum absolute atomic E-state index is 0.579. The lowest BCUT2D eigenvalue weighted by atomic mass is 9.99. The fourth-order valence-corrected chi connectivity index (χ4v) is 8.68. The zero-order chi connectivity index (χ0) is 35.3. The molecule has 0 saturated heterocycles. The first kappa shape index (κ1) is 29.2. The van der Waals surface area contributed by atoms with Crippen LogP contribution in [0.25, 0.3) is 111 Å². The fraction of sp³-hybridized carbons (Fsp3) is 0. The molecular formula is C48H28N6. The molecule has 1 aliphatic carbocycles. The minimum atomic E-state index is 0.579. The van der Waals surface area contributed by atoms with Crippen molar-refractivity contribution in [2.24, 2.45) is 0 Å². The average Bonchev–Trinajstić information content (AvgIpc) is 3.88. The van der Waals surface area contributed by atoms with Gasteiger partial charge < -0.3 is 0 Å². The van der Waals surface area contributed by atoms with Crippen LogP contribution in [0.2, 0.25) is 0 Å². The SMILES string of the molecule is c1ccc(-c2cccc3c2c2ccccc2n3-c2nc3c4c(nc(-n5c6ccccc6c6c(-c7ccccc7)cccc65)nc4n2)-c2ccccc2-3)cc1. The van der Waals surface area contributed by atoms with Gasteiger partial charge >= 0.3 is 0 Å². The topological polar surface area (TPSA) is 61.4 Å². The lowest BCUT2D eigenvalue weighted by molar-refractivity contribution is 0.976. The predicted molar refractivity (Wildman–Crippen MR) is 219 cm³/mol. The highest BCUT2D eigenvalue weighted by Crippen LogP contribution is 2.46. The first-order valence-corrected chi connectivity index (χ1v) is 18.2. The summed E-state index contributed by atoms with van der Waals surface area (Å²) in [5, 5.41) is 5.51. The number of hydrogen-bond acceptors (Lipinski definition) is 4. The van der Waals surface area contributed by atoms with E-state index in [2.05, 4.69) is 179 Å². The molecule has 0 atom stereocenters. The Bertz CT molecular complexity index is 3100. The smallest absolute Gasteiger partial charge is 0.237 e. The van der Waals surface area contributed by atoms with Crippen LogP contribution >= 0.6 is 0 Å². The zero-order valence-electron chi connectivity index (χ0n) is 28.8. The van der Waals surface area contributed by atoms with Gasteiger partial charge in [-0.2, -0.15) is 9.97 Å². The Kier molecular flexibility index (Phi) is 5.96. The molecule has 250 valence electrons. The molecule has 1 aliphatic rings. The van der Waals surface area contributed by atoms with E-state index >= 15 is 0 Å². The number of hydrogen-bond donors (Lipinski definition) is 0. The van der Waals surface area contributed by atoms with Crippen molar-refractivity contribution in [3.63, 3.8) is 0 Å². The summed E-state index contributed by atoms with van der Waals surface area (Å²) < 4.78 is 4.39. The molecule has 0 spiro atoms. The van der Waals surface area contributed by atoms with Gasteiger partial charge in [-0.05, 0) is 46.5 Å². The van der Waals surface area contributed by atoms with Crippen molar-refractivity contribution in [3.05, 3.63) is 170 Å². The first-order valence-electron chi connectivity index (χ1n) is 18.2. The molecule has 0 saturated carbocycles. The van der Waals surface area contributed by atoms with E-state index in [9.17, 15) is 0 Å². The van der Waals surface area contributed by atoms with E-state index in [4.69, 9.17) is 19.9 Å². The molecule has 0 amide bonds. The number of para-hydroxylation sites is 2. The molecule has 7 aromatic carbocycles.